The maximum absolute atomic E-state index is 12.0. The first kappa shape index (κ1) is 17.1. The number of ether oxygens (including phenoxy) is 2. The van der Waals surface area contributed by atoms with Crippen molar-refractivity contribution < 1.29 is 27.4 Å². The minimum atomic E-state index is -4.74. The van der Waals surface area contributed by atoms with Crippen LogP contribution in [0.3, 0.4) is 0 Å². The number of alkyl halides is 3. The Bertz CT molecular complexity index is 458. The molecule has 0 aromatic heterocycles. The molecule has 1 rings (SSSR count). The van der Waals surface area contributed by atoms with Gasteiger partial charge in [-0.3, -0.25) is 5.32 Å². The fourth-order valence-electron chi connectivity index (χ4n) is 1.29. The normalized spacial score (nSPS) is 12.9. The lowest BCUT2D eigenvalue weighted by Gasteiger charge is -2.15. The number of rotatable bonds is 5. The molecule has 1 N–H and O–H groups in total. The van der Waals surface area contributed by atoms with E-state index in [0.717, 1.165) is 12.1 Å². The molecule has 0 saturated heterocycles. The van der Waals surface area contributed by atoms with Gasteiger partial charge in [0.05, 0.1) is 6.61 Å². The molecule has 0 heterocycles. The Morgan fingerprint density at radius 3 is 2.24 bits per heavy atom. The maximum Gasteiger partial charge on any atom is 0.573 e. The van der Waals surface area contributed by atoms with Crippen molar-refractivity contribution in [1.29, 1.82) is 0 Å². The Morgan fingerprint density at radius 1 is 1.19 bits per heavy atom. The van der Waals surface area contributed by atoms with Crippen molar-refractivity contribution in [2.75, 3.05) is 11.9 Å². The quantitative estimate of drug-likeness (QED) is 0.875. The lowest BCUT2D eigenvalue weighted by atomic mass is 10.00. The van der Waals surface area contributed by atoms with Crippen molar-refractivity contribution in [3.8, 4) is 5.75 Å². The molecular weight excluding hydrogens is 287 g/mol. The van der Waals surface area contributed by atoms with Gasteiger partial charge in [-0.1, -0.05) is 20.8 Å². The number of anilines is 1. The maximum atomic E-state index is 12.0. The van der Waals surface area contributed by atoms with E-state index < -0.39 is 12.5 Å². The molecule has 0 aliphatic carbocycles. The Labute approximate surface area is 121 Å². The molecule has 0 unspecified atom stereocenters. The summed E-state index contributed by atoms with van der Waals surface area (Å²) in [6.45, 7) is 6.27. The van der Waals surface area contributed by atoms with Crippen LogP contribution in [0.2, 0.25) is 0 Å². The van der Waals surface area contributed by atoms with Crippen molar-refractivity contribution in [2.24, 2.45) is 11.8 Å². The average Bonchev–Trinajstić information content (AvgIpc) is 2.36. The molecule has 7 heteroatoms. The molecule has 4 nitrogen and oxygen atoms in total. The molecule has 0 saturated carbocycles. The molecule has 0 spiro atoms. The van der Waals surface area contributed by atoms with E-state index in [1.807, 2.05) is 20.8 Å². The van der Waals surface area contributed by atoms with Crippen LogP contribution in [0.25, 0.3) is 0 Å². The third-order valence-corrected chi connectivity index (χ3v) is 2.95. The van der Waals surface area contributed by atoms with Crippen molar-refractivity contribution >= 4 is 11.8 Å². The van der Waals surface area contributed by atoms with Crippen LogP contribution in [0.5, 0.6) is 5.75 Å². The first-order valence-electron chi connectivity index (χ1n) is 6.47. The number of amides is 1. The molecule has 1 atom stereocenters. The fraction of sp³-hybridized carbons (Fsp3) is 0.500. The van der Waals surface area contributed by atoms with Gasteiger partial charge in [-0.25, -0.2) is 4.79 Å². The number of hydrogen-bond donors (Lipinski definition) is 1. The van der Waals surface area contributed by atoms with Crippen molar-refractivity contribution in [3.63, 3.8) is 0 Å². The fourth-order valence-corrected chi connectivity index (χ4v) is 1.29. The summed E-state index contributed by atoms with van der Waals surface area (Å²) in [5, 5.41) is 2.43. The van der Waals surface area contributed by atoms with E-state index in [2.05, 4.69) is 10.1 Å². The smallest absolute Gasteiger partial charge is 0.449 e. The van der Waals surface area contributed by atoms with Crippen LogP contribution in [0.4, 0.5) is 23.7 Å². The summed E-state index contributed by atoms with van der Waals surface area (Å²) >= 11 is 0. The zero-order chi connectivity index (χ0) is 16.0. The Kier molecular flexibility index (Phi) is 5.87. The number of hydrogen-bond acceptors (Lipinski definition) is 3. The van der Waals surface area contributed by atoms with Gasteiger partial charge in [0.25, 0.3) is 0 Å². The van der Waals surface area contributed by atoms with E-state index >= 15 is 0 Å². The van der Waals surface area contributed by atoms with Gasteiger partial charge in [-0.05, 0) is 36.1 Å². The number of nitrogens with one attached hydrogen (secondary N) is 1. The summed E-state index contributed by atoms with van der Waals surface area (Å²) in [7, 11) is 0. The zero-order valence-electron chi connectivity index (χ0n) is 12.0. The van der Waals surface area contributed by atoms with Gasteiger partial charge in [-0.15, -0.1) is 13.2 Å². The number of carbonyl (C=O) groups excluding carboxylic acids is 1. The van der Waals surface area contributed by atoms with Crippen LogP contribution >= 0.6 is 0 Å². The highest BCUT2D eigenvalue weighted by molar-refractivity contribution is 5.84. The summed E-state index contributed by atoms with van der Waals surface area (Å²) in [6, 6.07) is 4.82. The highest BCUT2D eigenvalue weighted by Gasteiger charge is 2.30. The van der Waals surface area contributed by atoms with Crippen LogP contribution in [0.1, 0.15) is 20.8 Å². The van der Waals surface area contributed by atoms with E-state index in [1.165, 1.54) is 12.1 Å². The van der Waals surface area contributed by atoms with Crippen LogP contribution in [0.15, 0.2) is 24.3 Å². The third-order valence-electron chi connectivity index (χ3n) is 2.95. The van der Waals surface area contributed by atoms with Crippen molar-refractivity contribution in [2.45, 2.75) is 27.1 Å². The van der Waals surface area contributed by atoms with Gasteiger partial charge in [0.15, 0.2) is 0 Å². The highest BCUT2D eigenvalue weighted by Crippen LogP contribution is 2.24. The molecule has 21 heavy (non-hydrogen) atoms. The Balaban J connectivity index is 2.46. The third kappa shape index (κ3) is 6.87. The van der Waals surface area contributed by atoms with Crippen LogP contribution < -0.4 is 10.1 Å². The van der Waals surface area contributed by atoms with E-state index in [9.17, 15) is 18.0 Å². The van der Waals surface area contributed by atoms with E-state index in [0.29, 0.717) is 11.6 Å². The molecule has 1 aromatic carbocycles. The average molecular weight is 305 g/mol. The second kappa shape index (κ2) is 7.19. The summed E-state index contributed by atoms with van der Waals surface area (Å²) in [6.07, 6.45) is -5.38. The van der Waals surface area contributed by atoms with Crippen molar-refractivity contribution in [3.05, 3.63) is 24.3 Å². The molecule has 0 aliphatic rings. The molecule has 0 bridgehead atoms. The SMILES string of the molecule is CC(C)[C@H](C)COC(=O)Nc1ccc(OC(F)(F)F)cc1. The van der Waals surface area contributed by atoms with Crippen molar-refractivity contribution in [1.82, 2.24) is 0 Å². The highest BCUT2D eigenvalue weighted by atomic mass is 19.4. The number of benzene rings is 1. The molecule has 1 aromatic rings. The summed E-state index contributed by atoms with van der Waals surface area (Å²) in [4.78, 5) is 11.5. The standard InChI is InChI=1S/C14H18F3NO3/c1-9(2)10(3)8-20-13(19)18-11-4-6-12(7-5-11)21-14(15,16)17/h4-7,9-10H,8H2,1-3H3,(H,18,19)/t10-/m1/s1. The predicted octanol–water partition coefficient (Wildman–Crippen LogP) is 4.43. The second-order valence-electron chi connectivity index (χ2n) is 5.02. The minimum Gasteiger partial charge on any atom is -0.449 e. The number of halogens is 3. The first-order valence-corrected chi connectivity index (χ1v) is 6.47. The van der Waals surface area contributed by atoms with E-state index in [4.69, 9.17) is 4.74 Å². The molecule has 118 valence electrons. The van der Waals surface area contributed by atoms with Gasteiger partial charge in [0.2, 0.25) is 0 Å². The number of carbonyl (C=O) groups is 1. The molecule has 0 radical (unpaired) electrons. The molecule has 0 aliphatic heterocycles. The predicted molar refractivity (Wildman–Crippen MR) is 72.1 cm³/mol. The van der Waals surface area contributed by atoms with E-state index in [-0.39, 0.29) is 18.3 Å². The molecule has 0 fully saturated rings. The first-order chi connectivity index (χ1) is 9.67. The summed E-state index contributed by atoms with van der Waals surface area (Å²) < 4.78 is 44.7. The molecule has 1 amide bonds. The van der Waals surface area contributed by atoms with Crippen LogP contribution in [-0.4, -0.2) is 19.1 Å². The van der Waals surface area contributed by atoms with Gasteiger partial charge >= 0.3 is 12.5 Å². The van der Waals surface area contributed by atoms with E-state index in [1.54, 1.807) is 0 Å². The van der Waals surface area contributed by atoms with Crippen LogP contribution in [0, 0.1) is 11.8 Å². The van der Waals surface area contributed by atoms with Crippen LogP contribution in [-0.2, 0) is 4.74 Å². The zero-order valence-corrected chi connectivity index (χ0v) is 12.0. The largest absolute Gasteiger partial charge is 0.573 e. The Hall–Kier alpha value is -1.92. The lowest BCUT2D eigenvalue weighted by molar-refractivity contribution is -0.274. The molecular formula is C14H18F3NO3. The monoisotopic (exact) mass is 305 g/mol. The topological polar surface area (TPSA) is 47.6 Å². The van der Waals surface area contributed by atoms with Gasteiger partial charge < -0.3 is 9.47 Å². The summed E-state index contributed by atoms with van der Waals surface area (Å²) in [5.74, 6) is 0.254. The van der Waals surface area contributed by atoms with Gasteiger partial charge in [-0.2, -0.15) is 0 Å². The lowest BCUT2D eigenvalue weighted by Crippen LogP contribution is -2.20. The second-order valence-corrected chi connectivity index (χ2v) is 5.02. The summed E-state index contributed by atoms with van der Waals surface area (Å²) in [5.41, 5.74) is 0.326. The Morgan fingerprint density at radius 2 is 1.76 bits per heavy atom. The minimum absolute atomic E-state index is 0.221. The van der Waals surface area contributed by atoms with Gasteiger partial charge in [0, 0.05) is 5.69 Å². The van der Waals surface area contributed by atoms with Gasteiger partial charge in [0.1, 0.15) is 5.75 Å².